The summed E-state index contributed by atoms with van der Waals surface area (Å²) in [5.41, 5.74) is 1.89. The lowest BCUT2D eigenvalue weighted by atomic mass is 10.1. The summed E-state index contributed by atoms with van der Waals surface area (Å²) in [5, 5.41) is 4.96. The molecule has 0 spiro atoms. The van der Waals surface area contributed by atoms with Gasteiger partial charge < -0.3 is 0 Å². The third-order valence-electron chi connectivity index (χ3n) is 2.69. The van der Waals surface area contributed by atoms with Gasteiger partial charge in [0.15, 0.2) is 0 Å². The third-order valence-corrected chi connectivity index (χ3v) is 2.69. The second kappa shape index (κ2) is 3.66. The van der Waals surface area contributed by atoms with E-state index in [4.69, 9.17) is 0 Å². The van der Waals surface area contributed by atoms with Gasteiger partial charge in [-0.3, -0.25) is 4.68 Å². The molecule has 3 rings (SSSR count). The van der Waals surface area contributed by atoms with Gasteiger partial charge in [-0.25, -0.2) is 4.98 Å². The number of para-hydroxylation sites is 1. The van der Waals surface area contributed by atoms with Gasteiger partial charge in [0.05, 0.1) is 11.7 Å². The second-order valence-electron chi connectivity index (χ2n) is 3.92. The lowest BCUT2D eigenvalue weighted by molar-refractivity contribution is 0.593. The summed E-state index contributed by atoms with van der Waals surface area (Å²) in [4.78, 5) is 3.96. The minimum atomic E-state index is -0.461. The van der Waals surface area contributed by atoms with Crippen molar-refractivity contribution < 1.29 is 4.39 Å². The standard InChI is InChI=1S/C13H10FN3/c1-17-8-10(7-15-17)11-6-9-4-2-3-5-12(9)16-13(11)14/h2-8H,1H3. The van der Waals surface area contributed by atoms with Crippen molar-refractivity contribution >= 4 is 10.9 Å². The molecule has 0 radical (unpaired) electrons. The van der Waals surface area contributed by atoms with Gasteiger partial charge in [0.1, 0.15) is 0 Å². The minimum Gasteiger partial charge on any atom is -0.275 e. The zero-order chi connectivity index (χ0) is 11.8. The van der Waals surface area contributed by atoms with Crippen LogP contribution in [0.1, 0.15) is 0 Å². The number of halogens is 1. The molecule has 0 bridgehead atoms. The first-order chi connectivity index (χ1) is 8.24. The Morgan fingerprint density at radius 2 is 2.06 bits per heavy atom. The summed E-state index contributed by atoms with van der Waals surface area (Å²) in [6, 6.07) is 9.27. The zero-order valence-electron chi connectivity index (χ0n) is 9.26. The van der Waals surface area contributed by atoms with Crippen LogP contribution < -0.4 is 0 Å². The molecule has 0 aliphatic carbocycles. The normalized spacial score (nSPS) is 10.9. The lowest BCUT2D eigenvalue weighted by Crippen LogP contribution is -1.90. The average molecular weight is 227 g/mol. The van der Waals surface area contributed by atoms with Crippen molar-refractivity contribution in [2.45, 2.75) is 0 Å². The number of rotatable bonds is 1. The first-order valence-corrected chi connectivity index (χ1v) is 5.28. The predicted molar refractivity (Wildman–Crippen MR) is 63.9 cm³/mol. The van der Waals surface area contributed by atoms with E-state index in [1.807, 2.05) is 18.2 Å². The Morgan fingerprint density at radius 1 is 1.24 bits per heavy atom. The van der Waals surface area contributed by atoms with Gasteiger partial charge in [-0.2, -0.15) is 9.49 Å². The molecule has 0 fully saturated rings. The Bertz CT molecular complexity index is 688. The zero-order valence-corrected chi connectivity index (χ0v) is 9.26. The van der Waals surface area contributed by atoms with Gasteiger partial charge in [0, 0.05) is 29.8 Å². The largest absolute Gasteiger partial charge is 0.275 e. The van der Waals surface area contributed by atoms with Gasteiger partial charge in [-0.1, -0.05) is 18.2 Å². The fourth-order valence-corrected chi connectivity index (χ4v) is 1.86. The summed E-state index contributed by atoms with van der Waals surface area (Å²) in [7, 11) is 1.80. The van der Waals surface area contributed by atoms with Gasteiger partial charge in [0.2, 0.25) is 5.95 Å². The third kappa shape index (κ3) is 1.67. The van der Waals surface area contributed by atoms with Crippen LogP contribution in [-0.4, -0.2) is 14.8 Å². The van der Waals surface area contributed by atoms with E-state index in [0.29, 0.717) is 11.1 Å². The van der Waals surface area contributed by atoms with E-state index >= 15 is 0 Å². The highest BCUT2D eigenvalue weighted by Gasteiger charge is 2.09. The van der Waals surface area contributed by atoms with Crippen molar-refractivity contribution in [3.05, 3.63) is 48.7 Å². The van der Waals surface area contributed by atoms with Gasteiger partial charge in [-0.05, 0) is 12.1 Å². The van der Waals surface area contributed by atoms with Gasteiger partial charge >= 0.3 is 0 Å². The van der Waals surface area contributed by atoms with E-state index in [-0.39, 0.29) is 0 Å². The fourth-order valence-electron chi connectivity index (χ4n) is 1.86. The van der Waals surface area contributed by atoms with Gasteiger partial charge in [0.25, 0.3) is 0 Å². The van der Waals surface area contributed by atoms with Crippen molar-refractivity contribution in [3.8, 4) is 11.1 Å². The molecule has 3 aromatic rings. The number of aromatic nitrogens is 3. The van der Waals surface area contributed by atoms with E-state index < -0.39 is 5.95 Å². The van der Waals surface area contributed by atoms with Crippen LogP contribution in [0.15, 0.2) is 42.7 Å². The van der Waals surface area contributed by atoms with Crippen molar-refractivity contribution in [1.29, 1.82) is 0 Å². The van der Waals surface area contributed by atoms with Crippen molar-refractivity contribution in [1.82, 2.24) is 14.8 Å². The van der Waals surface area contributed by atoms with E-state index in [1.165, 1.54) is 0 Å². The summed E-state index contributed by atoms with van der Waals surface area (Å²) in [6.45, 7) is 0. The van der Waals surface area contributed by atoms with Gasteiger partial charge in [-0.15, -0.1) is 0 Å². The molecule has 2 heterocycles. The molecule has 0 unspecified atom stereocenters. The maximum absolute atomic E-state index is 13.9. The molecule has 0 saturated heterocycles. The minimum absolute atomic E-state index is 0.461. The molecule has 0 amide bonds. The quantitative estimate of drug-likeness (QED) is 0.598. The highest BCUT2D eigenvalue weighted by molar-refractivity contribution is 5.83. The van der Waals surface area contributed by atoms with E-state index in [2.05, 4.69) is 10.1 Å². The Morgan fingerprint density at radius 3 is 2.82 bits per heavy atom. The molecular weight excluding hydrogens is 217 g/mol. The van der Waals surface area contributed by atoms with E-state index in [1.54, 1.807) is 36.3 Å². The molecule has 17 heavy (non-hydrogen) atoms. The van der Waals surface area contributed by atoms with Crippen LogP contribution in [0.3, 0.4) is 0 Å². The average Bonchev–Trinajstić information content (AvgIpc) is 2.75. The number of benzene rings is 1. The topological polar surface area (TPSA) is 30.7 Å². The monoisotopic (exact) mass is 227 g/mol. The number of pyridine rings is 1. The first kappa shape index (κ1) is 9.96. The highest BCUT2D eigenvalue weighted by atomic mass is 19.1. The molecule has 0 aliphatic heterocycles. The fraction of sp³-hybridized carbons (Fsp3) is 0.0769. The van der Waals surface area contributed by atoms with Crippen LogP contribution in [0.5, 0.6) is 0 Å². The molecule has 0 aliphatic rings. The Kier molecular flexibility index (Phi) is 2.14. The molecule has 4 heteroatoms. The summed E-state index contributed by atoms with van der Waals surface area (Å²) < 4.78 is 15.5. The maximum Gasteiger partial charge on any atom is 0.221 e. The predicted octanol–water partition coefficient (Wildman–Crippen LogP) is 2.77. The van der Waals surface area contributed by atoms with Crippen molar-refractivity contribution in [2.75, 3.05) is 0 Å². The SMILES string of the molecule is Cn1cc(-c2cc3ccccc3nc2F)cn1. The van der Waals surface area contributed by atoms with Crippen LogP contribution in [0.25, 0.3) is 22.0 Å². The molecule has 3 nitrogen and oxygen atoms in total. The molecule has 0 atom stereocenters. The molecule has 84 valence electrons. The number of fused-ring (bicyclic) bond motifs is 1. The van der Waals surface area contributed by atoms with E-state index in [9.17, 15) is 4.39 Å². The smallest absolute Gasteiger partial charge is 0.221 e. The first-order valence-electron chi connectivity index (χ1n) is 5.28. The van der Waals surface area contributed by atoms with Crippen LogP contribution in [0, 0.1) is 5.95 Å². The Hall–Kier alpha value is -2.23. The number of hydrogen-bond donors (Lipinski definition) is 0. The van der Waals surface area contributed by atoms with E-state index in [0.717, 1.165) is 10.9 Å². The molecule has 0 saturated carbocycles. The lowest BCUT2D eigenvalue weighted by Gasteiger charge is -2.02. The Balaban J connectivity index is 2.26. The summed E-state index contributed by atoms with van der Waals surface area (Å²) in [5.74, 6) is -0.461. The van der Waals surface area contributed by atoms with Crippen LogP contribution in [0.2, 0.25) is 0 Å². The summed E-state index contributed by atoms with van der Waals surface area (Å²) >= 11 is 0. The van der Waals surface area contributed by atoms with Crippen LogP contribution >= 0.6 is 0 Å². The van der Waals surface area contributed by atoms with Crippen LogP contribution in [-0.2, 0) is 7.05 Å². The molecule has 0 N–H and O–H groups in total. The Labute approximate surface area is 97.5 Å². The number of aryl methyl sites for hydroxylation is 1. The van der Waals surface area contributed by atoms with Crippen molar-refractivity contribution in [2.24, 2.45) is 7.05 Å². The highest BCUT2D eigenvalue weighted by Crippen LogP contribution is 2.24. The molecule has 2 aromatic heterocycles. The number of nitrogens with zero attached hydrogens (tertiary/aromatic N) is 3. The molecule has 1 aromatic carbocycles. The van der Waals surface area contributed by atoms with Crippen molar-refractivity contribution in [3.63, 3.8) is 0 Å². The summed E-state index contributed by atoms with van der Waals surface area (Å²) in [6.07, 6.45) is 3.41. The molecular formula is C13H10FN3. The maximum atomic E-state index is 13.9. The van der Waals surface area contributed by atoms with Crippen LogP contribution in [0.4, 0.5) is 4.39 Å². The number of hydrogen-bond acceptors (Lipinski definition) is 2. The second-order valence-corrected chi connectivity index (χ2v) is 3.92.